The van der Waals surface area contributed by atoms with Crippen LogP contribution in [0, 0.1) is 50.7 Å². The number of aliphatic hydroxyl groups excluding tert-OH is 2. The average molecular weight is 473 g/mol. The van der Waals surface area contributed by atoms with E-state index in [1.807, 2.05) is 7.11 Å². The first-order valence-corrected chi connectivity index (χ1v) is 14.4. The number of hydrogen-bond acceptors (Lipinski definition) is 3. The molecule has 34 heavy (non-hydrogen) atoms. The number of ether oxygens (including phenoxy) is 1. The van der Waals surface area contributed by atoms with Crippen molar-refractivity contribution >= 4 is 0 Å². The van der Waals surface area contributed by atoms with Crippen LogP contribution >= 0.6 is 0 Å². The Kier molecular flexibility index (Phi) is 5.99. The SMILES string of the molecule is CO[C@H]1CC[C@]2(C)[C@H]3CC[C@H]4C(=C[C@]3(C)CC[C@H]2C1(C)C)CC[C@@H]1[C@]4(C)CC[C@H](O)[C@]1(C)CO. The molecule has 0 unspecified atom stereocenters. The highest BCUT2D eigenvalue weighted by Crippen LogP contribution is 2.69. The maximum absolute atomic E-state index is 10.9. The molecule has 0 aliphatic heterocycles. The van der Waals surface area contributed by atoms with Crippen molar-refractivity contribution in [1.29, 1.82) is 0 Å². The third-order valence-corrected chi connectivity index (χ3v) is 13.2. The van der Waals surface area contributed by atoms with E-state index in [0.717, 1.165) is 37.5 Å². The summed E-state index contributed by atoms with van der Waals surface area (Å²) in [5.41, 5.74) is 2.46. The number of allylic oxidation sites excluding steroid dienone is 2. The highest BCUT2D eigenvalue weighted by Gasteiger charge is 2.63. The zero-order chi connectivity index (χ0) is 24.7. The lowest BCUT2D eigenvalue weighted by atomic mass is 9.42. The third kappa shape index (κ3) is 3.24. The van der Waals surface area contributed by atoms with Gasteiger partial charge in [-0.3, -0.25) is 0 Å². The summed E-state index contributed by atoms with van der Waals surface area (Å²) in [5.74, 6) is 2.47. The molecule has 0 radical (unpaired) electrons. The fourth-order valence-corrected chi connectivity index (χ4v) is 11.4. The van der Waals surface area contributed by atoms with Crippen LogP contribution in [-0.4, -0.2) is 36.1 Å². The fourth-order valence-electron chi connectivity index (χ4n) is 11.4. The molecule has 0 aromatic carbocycles. The van der Waals surface area contributed by atoms with Crippen molar-refractivity contribution < 1.29 is 14.9 Å². The first-order valence-electron chi connectivity index (χ1n) is 14.4. The molecule has 3 heteroatoms. The van der Waals surface area contributed by atoms with Crippen LogP contribution in [0.25, 0.3) is 0 Å². The molecule has 5 rings (SSSR count). The smallest absolute Gasteiger partial charge is 0.0625 e. The first-order chi connectivity index (χ1) is 15.9. The Hall–Kier alpha value is -0.380. The van der Waals surface area contributed by atoms with Gasteiger partial charge >= 0.3 is 0 Å². The Morgan fingerprint density at radius 1 is 0.824 bits per heavy atom. The van der Waals surface area contributed by atoms with Crippen LogP contribution in [-0.2, 0) is 4.74 Å². The lowest BCUT2D eigenvalue weighted by Crippen LogP contribution is -2.58. The van der Waals surface area contributed by atoms with Crippen LogP contribution in [0.3, 0.4) is 0 Å². The summed E-state index contributed by atoms with van der Waals surface area (Å²) < 4.78 is 6.02. The highest BCUT2D eigenvalue weighted by atomic mass is 16.5. The van der Waals surface area contributed by atoms with Crippen LogP contribution < -0.4 is 0 Å². The Labute approximate surface area is 209 Å². The largest absolute Gasteiger partial charge is 0.396 e. The minimum atomic E-state index is -0.371. The standard InChI is InChI=1S/C31H52O3/c1-27(2)22-12-15-28(3)18-20-8-10-24-29(4,16-13-25(33)31(24,6)19-32)21(20)9-11-23(28)30(22,5)17-14-26(27)34-7/h18,21-26,32-33H,8-17,19H2,1-7H3/t21-,22-,23-,24+,25-,26-,28-,29+,30-,31+/m0/s1. The summed E-state index contributed by atoms with van der Waals surface area (Å²) in [6.07, 6.45) is 14.7. The Bertz CT molecular complexity index is 833. The van der Waals surface area contributed by atoms with Crippen molar-refractivity contribution in [2.45, 2.75) is 118 Å². The summed E-state index contributed by atoms with van der Waals surface area (Å²) in [6, 6.07) is 0. The van der Waals surface area contributed by atoms with Crippen molar-refractivity contribution in [2.75, 3.05) is 13.7 Å². The highest BCUT2D eigenvalue weighted by molar-refractivity contribution is 5.26. The fraction of sp³-hybridized carbons (Fsp3) is 0.935. The maximum atomic E-state index is 10.9. The Morgan fingerprint density at radius 3 is 2.21 bits per heavy atom. The lowest BCUT2D eigenvalue weighted by molar-refractivity contribution is -0.172. The van der Waals surface area contributed by atoms with Gasteiger partial charge in [-0.25, -0.2) is 0 Å². The molecular weight excluding hydrogens is 420 g/mol. The molecule has 0 bridgehead atoms. The molecule has 2 N–H and O–H groups in total. The molecule has 0 aromatic heterocycles. The van der Waals surface area contributed by atoms with E-state index in [0.29, 0.717) is 28.8 Å². The number of rotatable bonds is 2. The second-order valence-corrected chi connectivity index (χ2v) is 14.9. The van der Waals surface area contributed by atoms with Crippen LogP contribution in [0.15, 0.2) is 11.6 Å². The van der Waals surface area contributed by atoms with Gasteiger partial charge in [-0.05, 0) is 110 Å². The Morgan fingerprint density at radius 2 is 1.53 bits per heavy atom. The maximum Gasteiger partial charge on any atom is 0.0625 e. The quantitative estimate of drug-likeness (QED) is 0.436. The van der Waals surface area contributed by atoms with E-state index in [9.17, 15) is 10.2 Å². The van der Waals surface area contributed by atoms with Gasteiger partial charge in [-0.2, -0.15) is 0 Å². The number of fused-ring (bicyclic) bond motifs is 6. The molecule has 0 aromatic rings. The molecule has 0 spiro atoms. The molecule has 4 saturated carbocycles. The zero-order valence-corrected chi connectivity index (χ0v) is 23.1. The lowest BCUT2D eigenvalue weighted by Gasteiger charge is -2.63. The van der Waals surface area contributed by atoms with Gasteiger partial charge in [-0.15, -0.1) is 0 Å². The predicted octanol–water partition coefficient (Wildman–Crippen LogP) is 6.77. The molecular formula is C31H52O3. The minimum absolute atomic E-state index is 0.107. The van der Waals surface area contributed by atoms with Crippen molar-refractivity contribution in [2.24, 2.45) is 50.7 Å². The van der Waals surface area contributed by atoms with Crippen molar-refractivity contribution in [3.63, 3.8) is 0 Å². The van der Waals surface area contributed by atoms with Crippen LogP contribution in [0.2, 0.25) is 0 Å². The number of aliphatic hydroxyl groups is 2. The third-order valence-electron chi connectivity index (χ3n) is 13.2. The molecule has 5 aliphatic carbocycles. The van der Waals surface area contributed by atoms with Gasteiger partial charge in [0.1, 0.15) is 0 Å². The van der Waals surface area contributed by atoms with Crippen LogP contribution in [0.5, 0.6) is 0 Å². The van der Waals surface area contributed by atoms with Crippen molar-refractivity contribution in [1.82, 2.24) is 0 Å². The molecule has 194 valence electrons. The first kappa shape index (κ1) is 25.3. The van der Waals surface area contributed by atoms with E-state index in [4.69, 9.17) is 4.74 Å². The van der Waals surface area contributed by atoms with Crippen molar-refractivity contribution in [3.8, 4) is 0 Å². The van der Waals surface area contributed by atoms with Gasteiger partial charge in [-0.1, -0.05) is 53.2 Å². The van der Waals surface area contributed by atoms with Crippen LogP contribution in [0.1, 0.15) is 106 Å². The second kappa shape index (κ2) is 8.06. The average Bonchev–Trinajstić information content (AvgIpc) is 2.93. The number of methoxy groups -OCH3 is 1. The second-order valence-electron chi connectivity index (χ2n) is 14.9. The Balaban J connectivity index is 1.50. The van der Waals surface area contributed by atoms with E-state index in [1.165, 1.54) is 38.5 Å². The van der Waals surface area contributed by atoms with E-state index < -0.39 is 0 Å². The summed E-state index contributed by atoms with van der Waals surface area (Å²) in [6.45, 7) is 15.0. The van der Waals surface area contributed by atoms with Gasteiger partial charge in [0, 0.05) is 12.5 Å². The predicted molar refractivity (Wildman–Crippen MR) is 138 cm³/mol. The minimum Gasteiger partial charge on any atom is -0.396 e. The summed E-state index contributed by atoms with van der Waals surface area (Å²) in [7, 11) is 1.92. The van der Waals surface area contributed by atoms with E-state index in [2.05, 4.69) is 47.6 Å². The monoisotopic (exact) mass is 472 g/mol. The molecule has 3 nitrogen and oxygen atoms in total. The molecule has 0 amide bonds. The van der Waals surface area contributed by atoms with E-state index in [-0.39, 0.29) is 29.0 Å². The van der Waals surface area contributed by atoms with Crippen LogP contribution in [0.4, 0.5) is 0 Å². The summed E-state index contributed by atoms with van der Waals surface area (Å²) in [5, 5.41) is 21.3. The van der Waals surface area contributed by atoms with E-state index in [1.54, 1.807) is 5.57 Å². The summed E-state index contributed by atoms with van der Waals surface area (Å²) >= 11 is 0. The number of hydrogen-bond donors (Lipinski definition) is 2. The van der Waals surface area contributed by atoms with Gasteiger partial charge < -0.3 is 14.9 Å². The molecule has 10 atom stereocenters. The van der Waals surface area contributed by atoms with Gasteiger partial charge in [0.15, 0.2) is 0 Å². The molecule has 0 heterocycles. The normalized spacial score (nSPS) is 54.6. The van der Waals surface area contributed by atoms with E-state index >= 15 is 0 Å². The van der Waals surface area contributed by atoms with Gasteiger partial charge in [0.2, 0.25) is 0 Å². The summed E-state index contributed by atoms with van der Waals surface area (Å²) in [4.78, 5) is 0. The molecule has 4 fully saturated rings. The van der Waals surface area contributed by atoms with Gasteiger partial charge in [0.25, 0.3) is 0 Å². The molecule has 0 saturated heterocycles. The topological polar surface area (TPSA) is 49.7 Å². The van der Waals surface area contributed by atoms with Gasteiger partial charge in [0.05, 0.1) is 18.8 Å². The van der Waals surface area contributed by atoms with Crippen molar-refractivity contribution in [3.05, 3.63) is 11.6 Å². The molecule has 5 aliphatic rings. The zero-order valence-electron chi connectivity index (χ0n) is 23.1.